The molecule has 2 aliphatic rings. The van der Waals surface area contributed by atoms with Crippen LogP contribution in [-0.2, 0) is 11.3 Å². The number of hydrogen-bond acceptors (Lipinski definition) is 4. The SMILES string of the molecule is O=C(NCc1ccncc1)C1CC12CCN(C/C=C/c1ccco1)CC2. The molecule has 1 unspecified atom stereocenters. The molecule has 136 valence electrons. The van der Waals surface area contributed by atoms with Gasteiger partial charge in [-0.1, -0.05) is 6.08 Å². The molecule has 1 aliphatic heterocycles. The number of hydrogen-bond donors (Lipinski definition) is 1. The number of carbonyl (C=O) groups excluding carboxylic acids is 1. The molecule has 1 spiro atoms. The zero-order chi connectivity index (χ0) is 17.8. The maximum Gasteiger partial charge on any atom is 0.223 e. The molecule has 5 nitrogen and oxygen atoms in total. The van der Waals surface area contributed by atoms with Gasteiger partial charge in [0.05, 0.1) is 6.26 Å². The van der Waals surface area contributed by atoms with E-state index in [9.17, 15) is 4.79 Å². The van der Waals surface area contributed by atoms with Crippen LogP contribution in [0.5, 0.6) is 0 Å². The number of furan rings is 1. The van der Waals surface area contributed by atoms with Crippen molar-refractivity contribution in [1.29, 1.82) is 0 Å². The molecular weight excluding hydrogens is 326 g/mol. The van der Waals surface area contributed by atoms with E-state index in [4.69, 9.17) is 4.42 Å². The van der Waals surface area contributed by atoms with Crippen LogP contribution in [0.15, 0.2) is 53.4 Å². The van der Waals surface area contributed by atoms with Crippen LogP contribution in [0.3, 0.4) is 0 Å². The Morgan fingerprint density at radius 2 is 2.12 bits per heavy atom. The predicted octanol–water partition coefficient (Wildman–Crippen LogP) is 3.11. The first kappa shape index (κ1) is 17.0. The van der Waals surface area contributed by atoms with Crippen LogP contribution >= 0.6 is 0 Å². The van der Waals surface area contributed by atoms with Crippen LogP contribution in [0, 0.1) is 11.3 Å². The molecule has 1 amide bonds. The lowest BCUT2D eigenvalue weighted by Crippen LogP contribution is -2.37. The Morgan fingerprint density at radius 1 is 1.31 bits per heavy atom. The summed E-state index contributed by atoms with van der Waals surface area (Å²) in [6.07, 6.45) is 12.7. The molecule has 2 aromatic heterocycles. The summed E-state index contributed by atoms with van der Waals surface area (Å²) in [5.74, 6) is 1.31. The molecule has 3 heterocycles. The zero-order valence-electron chi connectivity index (χ0n) is 14.9. The summed E-state index contributed by atoms with van der Waals surface area (Å²) < 4.78 is 5.31. The van der Waals surface area contributed by atoms with Crippen LogP contribution < -0.4 is 5.32 Å². The van der Waals surface area contributed by atoms with Gasteiger partial charge in [-0.05, 0) is 73.7 Å². The van der Waals surface area contributed by atoms with Gasteiger partial charge in [0.25, 0.3) is 0 Å². The van der Waals surface area contributed by atoms with Crippen molar-refractivity contribution in [2.24, 2.45) is 11.3 Å². The first-order valence-corrected chi connectivity index (χ1v) is 9.34. The van der Waals surface area contributed by atoms with Crippen molar-refractivity contribution in [3.05, 3.63) is 60.3 Å². The molecule has 0 bridgehead atoms. The highest BCUT2D eigenvalue weighted by atomic mass is 16.3. The number of likely N-dealkylation sites (tertiary alicyclic amines) is 1. The highest BCUT2D eigenvalue weighted by molar-refractivity contribution is 5.82. The summed E-state index contributed by atoms with van der Waals surface area (Å²) >= 11 is 0. The van der Waals surface area contributed by atoms with E-state index in [1.807, 2.05) is 30.3 Å². The van der Waals surface area contributed by atoms with Gasteiger partial charge in [-0.25, -0.2) is 0 Å². The third-order valence-corrected chi connectivity index (χ3v) is 5.76. The first-order valence-electron chi connectivity index (χ1n) is 9.34. The fourth-order valence-corrected chi connectivity index (χ4v) is 3.97. The minimum absolute atomic E-state index is 0.199. The lowest BCUT2D eigenvalue weighted by Gasteiger charge is -2.32. The molecule has 1 aliphatic carbocycles. The highest BCUT2D eigenvalue weighted by Crippen LogP contribution is 2.59. The number of aromatic nitrogens is 1. The van der Waals surface area contributed by atoms with Crippen LogP contribution in [0.4, 0.5) is 0 Å². The van der Waals surface area contributed by atoms with E-state index in [0.717, 1.165) is 50.2 Å². The lowest BCUT2D eigenvalue weighted by atomic mass is 9.90. The van der Waals surface area contributed by atoms with Crippen molar-refractivity contribution in [3.63, 3.8) is 0 Å². The van der Waals surface area contributed by atoms with Crippen molar-refractivity contribution < 1.29 is 9.21 Å². The summed E-state index contributed by atoms with van der Waals surface area (Å²) in [6.45, 7) is 3.67. The molecule has 2 fully saturated rings. The van der Waals surface area contributed by atoms with Gasteiger partial charge in [-0.2, -0.15) is 0 Å². The van der Waals surface area contributed by atoms with E-state index in [-0.39, 0.29) is 17.2 Å². The lowest BCUT2D eigenvalue weighted by molar-refractivity contribution is -0.123. The quantitative estimate of drug-likeness (QED) is 0.869. The minimum atomic E-state index is 0.199. The predicted molar refractivity (Wildman–Crippen MR) is 100 cm³/mol. The molecule has 1 atom stereocenters. The Bertz CT molecular complexity index is 747. The second-order valence-electron chi connectivity index (χ2n) is 7.41. The summed E-state index contributed by atoms with van der Waals surface area (Å²) in [4.78, 5) is 18.9. The van der Waals surface area contributed by atoms with E-state index in [1.165, 1.54) is 0 Å². The second-order valence-corrected chi connectivity index (χ2v) is 7.41. The summed E-state index contributed by atoms with van der Waals surface area (Å²) in [6, 6.07) is 7.74. The van der Waals surface area contributed by atoms with Crippen LogP contribution in [-0.4, -0.2) is 35.4 Å². The molecule has 0 aromatic carbocycles. The number of carbonyl (C=O) groups is 1. The fourth-order valence-electron chi connectivity index (χ4n) is 3.97. The van der Waals surface area contributed by atoms with Crippen LogP contribution in [0.1, 0.15) is 30.6 Å². The van der Waals surface area contributed by atoms with Gasteiger partial charge in [-0.3, -0.25) is 14.7 Å². The van der Waals surface area contributed by atoms with Gasteiger partial charge < -0.3 is 9.73 Å². The third kappa shape index (κ3) is 3.88. The summed E-state index contributed by atoms with van der Waals surface area (Å²) in [5.41, 5.74) is 1.35. The van der Waals surface area contributed by atoms with E-state index >= 15 is 0 Å². The van der Waals surface area contributed by atoms with Gasteiger partial charge in [0.15, 0.2) is 0 Å². The maximum atomic E-state index is 12.5. The van der Waals surface area contributed by atoms with Gasteiger partial charge in [0, 0.05) is 31.4 Å². The summed E-state index contributed by atoms with van der Waals surface area (Å²) in [7, 11) is 0. The summed E-state index contributed by atoms with van der Waals surface area (Å²) in [5, 5.41) is 3.09. The smallest absolute Gasteiger partial charge is 0.223 e. The molecule has 1 saturated heterocycles. The second kappa shape index (κ2) is 7.46. The largest absolute Gasteiger partial charge is 0.465 e. The standard InChI is InChI=1S/C21H25N3O2/c25-20(23-16-17-5-9-22-10-6-17)19-15-21(19)7-12-24(13-8-21)11-1-3-18-4-2-14-26-18/h1-6,9-10,14,19H,7-8,11-13,15-16H2,(H,23,25)/b3-1+. The number of nitrogens with zero attached hydrogens (tertiary/aromatic N) is 2. The van der Waals surface area contributed by atoms with Crippen molar-refractivity contribution in [3.8, 4) is 0 Å². The number of amides is 1. The molecular formula is C21H25N3O2. The average molecular weight is 351 g/mol. The monoisotopic (exact) mass is 351 g/mol. The molecule has 4 rings (SSSR count). The molecule has 0 radical (unpaired) electrons. The van der Waals surface area contributed by atoms with E-state index in [0.29, 0.717) is 6.54 Å². The number of piperidine rings is 1. The minimum Gasteiger partial charge on any atom is -0.465 e. The van der Waals surface area contributed by atoms with E-state index in [1.54, 1.807) is 18.7 Å². The fraction of sp³-hybridized carbons (Fsp3) is 0.429. The number of nitrogens with one attached hydrogen (secondary N) is 1. The molecule has 5 heteroatoms. The van der Waals surface area contributed by atoms with E-state index in [2.05, 4.69) is 21.3 Å². The molecule has 2 aromatic rings. The van der Waals surface area contributed by atoms with E-state index < -0.39 is 0 Å². The number of pyridine rings is 1. The number of rotatable bonds is 6. The average Bonchev–Trinajstić information content (AvgIpc) is 3.12. The van der Waals surface area contributed by atoms with Gasteiger partial charge in [-0.15, -0.1) is 0 Å². The van der Waals surface area contributed by atoms with Crippen molar-refractivity contribution in [1.82, 2.24) is 15.2 Å². The Kier molecular flexibility index (Phi) is 4.89. The van der Waals surface area contributed by atoms with Crippen LogP contribution in [0.2, 0.25) is 0 Å². The van der Waals surface area contributed by atoms with Gasteiger partial charge >= 0.3 is 0 Å². The topological polar surface area (TPSA) is 58.4 Å². The third-order valence-electron chi connectivity index (χ3n) is 5.76. The first-order chi connectivity index (χ1) is 12.8. The Hall–Kier alpha value is -2.40. The van der Waals surface area contributed by atoms with Crippen molar-refractivity contribution in [2.75, 3.05) is 19.6 Å². The molecule has 26 heavy (non-hydrogen) atoms. The molecule has 1 N–H and O–H groups in total. The van der Waals surface area contributed by atoms with Gasteiger partial charge in [0.1, 0.15) is 5.76 Å². The highest BCUT2D eigenvalue weighted by Gasteiger charge is 2.58. The normalized spacial score (nSPS) is 21.9. The van der Waals surface area contributed by atoms with Crippen LogP contribution in [0.25, 0.3) is 6.08 Å². The Labute approximate surface area is 154 Å². The zero-order valence-corrected chi connectivity index (χ0v) is 14.9. The van der Waals surface area contributed by atoms with Gasteiger partial charge in [0.2, 0.25) is 5.91 Å². The molecule has 1 saturated carbocycles. The Morgan fingerprint density at radius 3 is 2.85 bits per heavy atom. The Balaban J connectivity index is 1.20. The van der Waals surface area contributed by atoms with Crippen molar-refractivity contribution >= 4 is 12.0 Å². The van der Waals surface area contributed by atoms with Crippen molar-refractivity contribution in [2.45, 2.75) is 25.8 Å². The maximum absolute atomic E-state index is 12.5.